The molecule has 0 spiro atoms. The quantitative estimate of drug-likeness (QED) is 0.583. The molecule has 0 saturated heterocycles. The van der Waals surface area contributed by atoms with Crippen LogP contribution >= 0.6 is 11.6 Å². The van der Waals surface area contributed by atoms with Crippen LogP contribution in [0.3, 0.4) is 0 Å². The Morgan fingerprint density at radius 2 is 1.60 bits per heavy atom. The molecule has 0 aliphatic rings. The van der Waals surface area contributed by atoms with Crippen molar-refractivity contribution in [2.45, 2.75) is 33.1 Å². The number of hydrogen-bond acceptors (Lipinski definition) is 1. The average molecular weight is 163 g/mol. The van der Waals surface area contributed by atoms with Crippen molar-refractivity contribution < 1.29 is 4.79 Å². The average Bonchev–Trinajstić information content (AvgIpc) is 1.84. The van der Waals surface area contributed by atoms with Crippen LogP contribution in [0.4, 0.5) is 0 Å². The van der Waals surface area contributed by atoms with Crippen molar-refractivity contribution in [1.82, 2.24) is 0 Å². The highest BCUT2D eigenvalue weighted by Gasteiger charge is 2.21. The van der Waals surface area contributed by atoms with Crippen molar-refractivity contribution in [2.75, 3.05) is 0 Å². The van der Waals surface area contributed by atoms with Gasteiger partial charge in [0, 0.05) is 5.92 Å². The van der Waals surface area contributed by atoms with Gasteiger partial charge in [0.2, 0.25) is 0 Å². The molecule has 1 nitrogen and oxygen atoms in total. The van der Waals surface area contributed by atoms with Gasteiger partial charge in [-0.25, -0.2) is 0 Å². The van der Waals surface area contributed by atoms with Crippen molar-refractivity contribution >= 4 is 17.4 Å². The van der Waals surface area contributed by atoms with Gasteiger partial charge in [0.05, 0.1) is 5.38 Å². The van der Waals surface area contributed by atoms with Crippen LogP contribution in [0.5, 0.6) is 0 Å². The summed E-state index contributed by atoms with van der Waals surface area (Å²) >= 11 is 5.81. The fourth-order valence-corrected chi connectivity index (χ4v) is 0.899. The molecule has 0 aliphatic carbocycles. The predicted octanol–water partition coefficient (Wildman–Crippen LogP) is 2.47. The summed E-state index contributed by atoms with van der Waals surface area (Å²) < 4.78 is 0. The summed E-state index contributed by atoms with van der Waals surface area (Å²) in [6.07, 6.45) is 0. The van der Waals surface area contributed by atoms with Crippen molar-refractivity contribution in [3.8, 4) is 0 Å². The van der Waals surface area contributed by atoms with E-state index in [9.17, 15) is 4.79 Å². The highest BCUT2D eigenvalue weighted by Crippen LogP contribution is 2.14. The van der Waals surface area contributed by atoms with Crippen LogP contribution in [0.25, 0.3) is 0 Å². The topological polar surface area (TPSA) is 17.1 Å². The molecule has 10 heavy (non-hydrogen) atoms. The van der Waals surface area contributed by atoms with Gasteiger partial charge in [-0.2, -0.15) is 0 Å². The van der Waals surface area contributed by atoms with Gasteiger partial charge in [0.15, 0.2) is 5.78 Å². The molecular formula is C8H15ClO. The molecule has 0 aromatic carbocycles. The second-order valence-corrected chi connectivity index (χ2v) is 3.67. The van der Waals surface area contributed by atoms with Crippen molar-refractivity contribution in [2.24, 2.45) is 11.8 Å². The Labute approximate surface area is 67.8 Å². The number of hydrogen-bond donors (Lipinski definition) is 0. The summed E-state index contributed by atoms with van der Waals surface area (Å²) in [6.45, 7) is 7.66. The molecule has 0 radical (unpaired) electrons. The van der Waals surface area contributed by atoms with Crippen LogP contribution in [-0.2, 0) is 4.79 Å². The maximum absolute atomic E-state index is 11.2. The van der Waals surface area contributed by atoms with E-state index in [1.807, 2.05) is 27.7 Å². The lowest BCUT2D eigenvalue weighted by molar-refractivity contribution is -0.122. The standard InChI is InChI=1S/C8H15ClO/c1-5(2)7(9)8(10)6(3)4/h5-7H,1-4H3. The molecule has 0 rings (SSSR count). The second kappa shape index (κ2) is 3.97. The molecule has 0 aromatic rings. The monoisotopic (exact) mass is 162 g/mol. The maximum Gasteiger partial charge on any atom is 0.153 e. The summed E-state index contributed by atoms with van der Waals surface area (Å²) in [4.78, 5) is 11.2. The lowest BCUT2D eigenvalue weighted by Crippen LogP contribution is -2.24. The Kier molecular flexibility index (Phi) is 3.95. The van der Waals surface area contributed by atoms with Gasteiger partial charge in [0.25, 0.3) is 0 Å². The van der Waals surface area contributed by atoms with Gasteiger partial charge in [0.1, 0.15) is 0 Å². The summed E-state index contributed by atoms with van der Waals surface area (Å²) in [6, 6.07) is 0. The molecule has 1 atom stereocenters. The van der Waals surface area contributed by atoms with Crippen molar-refractivity contribution in [3.63, 3.8) is 0 Å². The fourth-order valence-electron chi connectivity index (χ4n) is 0.647. The third-order valence-electron chi connectivity index (χ3n) is 1.43. The number of halogens is 1. The van der Waals surface area contributed by atoms with Crippen LogP contribution in [0, 0.1) is 11.8 Å². The lowest BCUT2D eigenvalue weighted by Gasteiger charge is -2.13. The first-order valence-electron chi connectivity index (χ1n) is 3.64. The maximum atomic E-state index is 11.2. The van der Waals surface area contributed by atoms with Gasteiger partial charge in [-0.1, -0.05) is 27.7 Å². The predicted molar refractivity (Wildman–Crippen MR) is 44.3 cm³/mol. The molecule has 0 heterocycles. The van der Waals surface area contributed by atoms with Gasteiger partial charge >= 0.3 is 0 Å². The number of carbonyl (C=O) groups excluding carboxylic acids is 1. The van der Waals surface area contributed by atoms with E-state index in [2.05, 4.69) is 0 Å². The molecule has 0 amide bonds. The van der Waals surface area contributed by atoms with Crippen molar-refractivity contribution in [3.05, 3.63) is 0 Å². The van der Waals surface area contributed by atoms with Gasteiger partial charge < -0.3 is 0 Å². The van der Waals surface area contributed by atoms with E-state index >= 15 is 0 Å². The molecule has 1 unspecified atom stereocenters. The first-order chi connectivity index (χ1) is 4.46. The SMILES string of the molecule is CC(C)C(=O)C(Cl)C(C)C. The Morgan fingerprint density at radius 3 is 1.70 bits per heavy atom. The lowest BCUT2D eigenvalue weighted by atomic mass is 9.99. The molecule has 0 aromatic heterocycles. The first-order valence-corrected chi connectivity index (χ1v) is 4.08. The molecular weight excluding hydrogens is 148 g/mol. The van der Waals surface area contributed by atoms with Crippen LogP contribution < -0.4 is 0 Å². The zero-order valence-corrected chi connectivity index (χ0v) is 7.77. The van der Waals surface area contributed by atoms with E-state index in [1.54, 1.807) is 0 Å². The number of carbonyl (C=O) groups is 1. The van der Waals surface area contributed by atoms with E-state index in [1.165, 1.54) is 0 Å². The van der Waals surface area contributed by atoms with E-state index in [4.69, 9.17) is 11.6 Å². The number of Topliss-reactive ketones (excluding diaryl/α,β-unsaturated/α-hetero) is 1. The van der Waals surface area contributed by atoms with Crippen LogP contribution in [0.15, 0.2) is 0 Å². The minimum Gasteiger partial charge on any atom is -0.298 e. The molecule has 0 bridgehead atoms. The molecule has 0 N–H and O–H groups in total. The number of rotatable bonds is 3. The van der Waals surface area contributed by atoms with Gasteiger partial charge in [-0.05, 0) is 5.92 Å². The second-order valence-electron chi connectivity index (χ2n) is 3.20. The highest BCUT2D eigenvalue weighted by atomic mass is 35.5. The zero-order chi connectivity index (χ0) is 8.31. The van der Waals surface area contributed by atoms with Crippen LogP contribution in [0.1, 0.15) is 27.7 Å². The first kappa shape index (κ1) is 9.96. The normalized spacial score (nSPS) is 14.3. The van der Waals surface area contributed by atoms with E-state index < -0.39 is 0 Å². The zero-order valence-electron chi connectivity index (χ0n) is 7.02. The smallest absolute Gasteiger partial charge is 0.153 e. The summed E-state index contributed by atoms with van der Waals surface area (Å²) in [5.74, 6) is 0.457. The van der Waals surface area contributed by atoms with E-state index in [0.717, 1.165) is 0 Å². The number of ketones is 1. The number of alkyl halides is 1. The Hall–Kier alpha value is -0.0400. The third-order valence-corrected chi connectivity index (χ3v) is 2.15. The molecule has 0 fully saturated rings. The van der Waals surface area contributed by atoms with Crippen LogP contribution in [0.2, 0.25) is 0 Å². The molecule has 60 valence electrons. The highest BCUT2D eigenvalue weighted by molar-refractivity contribution is 6.31. The van der Waals surface area contributed by atoms with E-state index in [0.29, 0.717) is 0 Å². The third kappa shape index (κ3) is 2.70. The van der Waals surface area contributed by atoms with Crippen molar-refractivity contribution in [1.29, 1.82) is 0 Å². The fraction of sp³-hybridized carbons (Fsp3) is 0.875. The molecule has 0 aliphatic heterocycles. The minimum absolute atomic E-state index is 0.0601. The van der Waals surface area contributed by atoms with E-state index in [-0.39, 0.29) is 23.0 Å². The summed E-state index contributed by atoms with van der Waals surface area (Å²) in [5, 5.41) is -0.306. The largest absolute Gasteiger partial charge is 0.298 e. The van der Waals surface area contributed by atoms with Gasteiger partial charge in [-0.15, -0.1) is 11.6 Å². The Bertz CT molecular complexity index is 118. The molecule has 0 saturated carbocycles. The summed E-state index contributed by atoms with van der Waals surface area (Å²) in [5.41, 5.74) is 0. The Balaban J connectivity index is 3.95. The minimum atomic E-state index is -0.306. The van der Waals surface area contributed by atoms with Crippen LogP contribution in [-0.4, -0.2) is 11.2 Å². The van der Waals surface area contributed by atoms with Gasteiger partial charge in [-0.3, -0.25) is 4.79 Å². The molecule has 2 heteroatoms. The summed E-state index contributed by atoms with van der Waals surface area (Å²) in [7, 11) is 0. The Morgan fingerprint density at radius 1 is 1.20 bits per heavy atom.